The molecule has 0 atom stereocenters. The molecule has 17 heteroatoms. The topological polar surface area (TPSA) is 195 Å². The first-order chi connectivity index (χ1) is 23.5. The number of esters is 1. The lowest BCUT2D eigenvalue weighted by Gasteiger charge is -2.18. The molecule has 3 amide bonds. The second-order valence-corrected chi connectivity index (χ2v) is 15.9. The van der Waals surface area contributed by atoms with Gasteiger partial charge in [-0.15, -0.1) is 23.1 Å². The number of nitrogens with zero attached hydrogens (tertiary/aromatic N) is 2. The number of benzene rings is 2. The maximum absolute atomic E-state index is 13.9. The van der Waals surface area contributed by atoms with Gasteiger partial charge in [0.15, 0.2) is 0 Å². The van der Waals surface area contributed by atoms with Gasteiger partial charge < -0.3 is 20.1 Å². The zero-order valence-corrected chi connectivity index (χ0v) is 31.1. The average Bonchev–Trinajstić information content (AvgIpc) is 3.46. The van der Waals surface area contributed by atoms with Crippen LogP contribution in [0.4, 0.5) is 21.0 Å². The molecule has 0 saturated heterocycles. The van der Waals surface area contributed by atoms with E-state index in [-0.39, 0.29) is 32.7 Å². The number of rotatable bonds is 15. The molecule has 1 heterocycles. The molecule has 0 spiro atoms. The fraction of sp³-hybridized carbons (Fsp3) is 0.394. The molecule has 0 unspecified atom stereocenters. The highest BCUT2D eigenvalue weighted by atomic mass is 32.2. The summed E-state index contributed by atoms with van der Waals surface area (Å²) in [6.07, 6.45) is 4.58. The van der Waals surface area contributed by atoms with E-state index in [0.29, 0.717) is 59.0 Å². The van der Waals surface area contributed by atoms with E-state index in [1.807, 2.05) is 0 Å². The van der Waals surface area contributed by atoms with Crippen molar-refractivity contribution in [3.05, 3.63) is 63.0 Å². The number of anilines is 1. The quantitative estimate of drug-likeness (QED) is 0.0355. The Labute approximate surface area is 299 Å². The number of hydrazone groups is 1. The number of amides is 3. The third-order valence-corrected chi connectivity index (χ3v) is 11.0. The lowest BCUT2D eigenvalue weighted by atomic mass is 9.98. The number of unbranched alkanes of at least 4 members (excludes halogenated alkanes) is 2. The minimum absolute atomic E-state index is 0.0293. The zero-order chi connectivity index (χ0) is 37.1. The highest BCUT2D eigenvalue weighted by Gasteiger charge is 2.26. The molecule has 0 aliphatic carbocycles. The molecule has 2 aromatic carbocycles. The number of nitro benzene ring substituents is 1. The number of sulfone groups is 1. The van der Waals surface area contributed by atoms with Gasteiger partial charge in [-0.25, -0.2) is 23.4 Å². The molecule has 3 aromatic rings. The van der Waals surface area contributed by atoms with Crippen molar-refractivity contribution in [1.29, 1.82) is 0 Å². The van der Waals surface area contributed by atoms with Crippen molar-refractivity contribution in [3.8, 4) is 11.1 Å². The first kappa shape index (κ1) is 40.0. The van der Waals surface area contributed by atoms with Crippen molar-refractivity contribution in [2.24, 2.45) is 5.10 Å². The van der Waals surface area contributed by atoms with E-state index in [2.05, 4.69) is 21.2 Å². The normalized spacial score (nSPS) is 11.6. The maximum atomic E-state index is 13.9. The van der Waals surface area contributed by atoms with Crippen molar-refractivity contribution >= 4 is 68.6 Å². The first-order valence-corrected chi connectivity index (χ1v) is 19.1. The van der Waals surface area contributed by atoms with Gasteiger partial charge in [-0.05, 0) is 89.1 Å². The summed E-state index contributed by atoms with van der Waals surface area (Å²) in [5.74, 6) is -0.258. The van der Waals surface area contributed by atoms with Crippen LogP contribution in [-0.2, 0) is 24.1 Å². The predicted octanol–water partition coefficient (Wildman–Crippen LogP) is 7.29. The summed E-state index contributed by atoms with van der Waals surface area (Å²) >= 11 is 2.40. The van der Waals surface area contributed by atoms with Crippen LogP contribution in [0.1, 0.15) is 63.8 Å². The largest absolute Gasteiger partial charge is 0.466 e. The van der Waals surface area contributed by atoms with Crippen LogP contribution in [0, 0.1) is 17.0 Å². The Hall–Kier alpha value is -4.48. The minimum Gasteiger partial charge on any atom is -0.466 e. The standard InChI is InChI=1S/C33H41N5O9S3/c1-7-46-28(39)14-9-8-10-15-34-31(40)36-23-16-21(2)29(26(18-23)38(42)43)22-12-11-13-25(17-22)50(44,45)27-19-24(49-30(27)48-6)20-35-37-32(41)47-33(3,4)5/h11-13,16-20H,7-10,14-15H2,1-6H3,(H,37,41)(H2,34,36,40). The Balaban J connectivity index is 1.79. The highest BCUT2D eigenvalue weighted by molar-refractivity contribution is 8.01. The van der Waals surface area contributed by atoms with Gasteiger partial charge in [0.2, 0.25) is 9.84 Å². The Morgan fingerprint density at radius 1 is 1.10 bits per heavy atom. The van der Waals surface area contributed by atoms with Crippen molar-refractivity contribution in [2.45, 2.75) is 79.9 Å². The number of hydrogen-bond acceptors (Lipinski definition) is 12. The molecule has 3 rings (SSSR count). The number of ether oxygens (including phenoxy) is 2. The Morgan fingerprint density at radius 3 is 2.50 bits per heavy atom. The highest BCUT2D eigenvalue weighted by Crippen LogP contribution is 2.40. The number of thiophene rings is 1. The molecular weight excluding hydrogens is 707 g/mol. The number of hydrogen-bond donors (Lipinski definition) is 3. The van der Waals surface area contributed by atoms with Crippen LogP contribution in [0.15, 0.2) is 61.6 Å². The number of thioether (sulfide) groups is 1. The molecular formula is C33H41N5O9S3. The van der Waals surface area contributed by atoms with Gasteiger partial charge in [-0.1, -0.05) is 18.6 Å². The van der Waals surface area contributed by atoms with Crippen molar-refractivity contribution < 1.29 is 37.2 Å². The number of urea groups is 1. The summed E-state index contributed by atoms with van der Waals surface area (Å²) in [6, 6.07) is 9.59. The predicted molar refractivity (Wildman–Crippen MR) is 194 cm³/mol. The Kier molecular flexibility index (Phi) is 14.4. The van der Waals surface area contributed by atoms with Gasteiger partial charge in [-0.2, -0.15) is 5.10 Å². The summed E-state index contributed by atoms with van der Waals surface area (Å²) in [5, 5.41) is 21.4. The second kappa shape index (κ2) is 18.0. The van der Waals surface area contributed by atoms with E-state index in [0.717, 1.165) is 0 Å². The van der Waals surface area contributed by atoms with E-state index >= 15 is 0 Å². The van der Waals surface area contributed by atoms with Gasteiger partial charge in [0.1, 0.15) is 5.60 Å². The summed E-state index contributed by atoms with van der Waals surface area (Å²) in [6.45, 7) is 9.19. The Morgan fingerprint density at radius 2 is 1.84 bits per heavy atom. The summed E-state index contributed by atoms with van der Waals surface area (Å²) in [7, 11) is -4.09. The SMILES string of the molecule is CCOC(=O)CCCCCNC(=O)Nc1cc(C)c(-c2cccc(S(=O)(=O)c3cc(C=NNC(=O)OC(C)(C)C)sc3SC)c2)c([N+](=O)[O-])c1. The number of aryl methyl sites for hydroxylation is 1. The fourth-order valence-electron chi connectivity index (χ4n) is 4.71. The van der Waals surface area contributed by atoms with Crippen LogP contribution in [0.3, 0.4) is 0 Å². The number of carbonyl (C=O) groups is 3. The zero-order valence-electron chi connectivity index (χ0n) is 28.7. The number of nitrogens with one attached hydrogen (secondary N) is 3. The van der Waals surface area contributed by atoms with Gasteiger partial charge in [0, 0.05) is 29.6 Å². The molecule has 270 valence electrons. The summed E-state index contributed by atoms with van der Waals surface area (Å²) in [4.78, 5) is 47.9. The molecule has 0 fully saturated rings. The molecule has 1 aromatic heterocycles. The van der Waals surface area contributed by atoms with Crippen LogP contribution in [0.25, 0.3) is 11.1 Å². The molecule has 0 aliphatic rings. The van der Waals surface area contributed by atoms with Gasteiger partial charge >= 0.3 is 18.1 Å². The summed E-state index contributed by atoms with van der Waals surface area (Å²) in [5.41, 5.74) is 2.37. The van der Waals surface area contributed by atoms with Gasteiger partial charge in [0.25, 0.3) is 5.69 Å². The lowest BCUT2D eigenvalue weighted by molar-refractivity contribution is -0.384. The van der Waals surface area contributed by atoms with E-state index < -0.39 is 32.5 Å². The van der Waals surface area contributed by atoms with Gasteiger partial charge in [-0.3, -0.25) is 14.9 Å². The van der Waals surface area contributed by atoms with Crippen LogP contribution >= 0.6 is 23.1 Å². The third-order valence-electron chi connectivity index (χ3n) is 6.76. The Bertz CT molecular complexity index is 1850. The summed E-state index contributed by atoms with van der Waals surface area (Å²) < 4.78 is 38.3. The van der Waals surface area contributed by atoms with Crippen molar-refractivity contribution in [3.63, 3.8) is 0 Å². The van der Waals surface area contributed by atoms with Gasteiger partial charge in [0.05, 0.1) is 37.3 Å². The molecule has 0 saturated carbocycles. The number of carbonyl (C=O) groups excluding carboxylic acids is 3. The second-order valence-electron chi connectivity index (χ2n) is 11.8. The first-order valence-electron chi connectivity index (χ1n) is 15.6. The molecule has 14 nitrogen and oxygen atoms in total. The number of nitro groups is 1. The van der Waals surface area contributed by atoms with Crippen LogP contribution < -0.4 is 16.1 Å². The van der Waals surface area contributed by atoms with E-state index in [4.69, 9.17) is 9.47 Å². The molecule has 0 aliphatic heterocycles. The van der Waals surface area contributed by atoms with E-state index in [9.17, 15) is 32.9 Å². The smallest absolute Gasteiger partial charge is 0.428 e. The molecule has 0 radical (unpaired) electrons. The van der Waals surface area contributed by atoms with Crippen molar-refractivity contribution in [1.82, 2.24) is 10.7 Å². The fourth-order valence-corrected chi connectivity index (χ4v) is 8.65. The molecule has 0 bridgehead atoms. The van der Waals surface area contributed by atoms with Crippen LogP contribution in [-0.4, -0.2) is 62.7 Å². The van der Waals surface area contributed by atoms with E-state index in [1.54, 1.807) is 53.0 Å². The van der Waals surface area contributed by atoms with Crippen LogP contribution in [0.5, 0.6) is 0 Å². The monoisotopic (exact) mass is 747 g/mol. The maximum Gasteiger partial charge on any atom is 0.428 e. The average molecular weight is 748 g/mol. The molecule has 3 N–H and O–H groups in total. The van der Waals surface area contributed by atoms with Crippen molar-refractivity contribution in [2.75, 3.05) is 24.7 Å². The minimum atomic E-state index is -4.09. The van der Waals surface area contributed by atoms with E-state index in [1.165, 1.54) is 59.6 Å². The third kappa shape index (κ3) is 11.6. The molecule has 50 heavy (non-hydrogen) atoms. The van der Waals surface area contributed by atoms with Crippen LogP contribution in [0.2, 0.25) is 0 Å². The lowest BCUT2D eigenvalue weighted by Crippen LogP contribution is -2.29.